The van der Waals surface area contributed by atoms with Crippen LogP contribution in [0.1, 0.15) is 18.9 Å². The minimum atomic E-state index is -0.753. The molecule has 0 radical (unpaired) electrons. The number of carbonyl (C=O) groups excluding carboxylic acids is 4. The van der Waals surface area contributed by atoms with Crippen molar-refractivity contribution < 1.29 is 28.8 Å². The van der Waals surface area contributed by atoms with Gasteiger partial charge in [-0.1, -0.05) is 15.9 Å². The average Bonchev–Trinajstić information content (AvgIpc) is 2.75. The first-order valence-corrected chi connectivity index (χ1v) is 11.2. The molecule has 2 aliphatic heterocycles. The molecule has 2 aliphatic rings. The fourth-order valence-corrected chi connectivity index (χ4v) is 4.61. The molecule has 1 saturated heterocycles. The van der Waals surface area contributed by atoms with Crippen LogP contribution in [-0.4, -0.2) is 55.4 Å². The number of hydrogen-bond acceptors (Lipinski definition) is 8. The van der Waals surface area contributed by atoms with E-state index >= 15 is 0 Å². The number of nitrogens with one attached hydrogen (secondary N) is 1. The number of non-ortho nitro benzene ring substituents is 1. The van der Waals surface area contributed by atoms with Crippen LogP contribution in [0.2, 0.25) is 0 Å². The number of amides is 2. The first-order chi connectivity index (χ1) is 14.7. The maximum absolute atomic E-state index is 12.5. The number of nitro benzene ring substituents is 1. The van der Waals surface area contributed by atoms with Crippen LogP contribution in [0, 0.1) is 10.1 Å². The number of nitro groups is 1. The molecular formula is C19H18BrN3O7S. The Kier molecular flexibility index (Phi) is 7.11. The van der Waals surface area contributed by atoms with E-state index in [1.807, 2.05) is 0 Å². The van der Waals surface area contributed by atoms with Crippen molar-refractivity contribution in [2.75, 3.05) is 5.33 Å². The van der Waals surface area contributed by atoms with Crippen molar-refractivity contribution in [2.45, 2.75) is 36.6 Å². The third-order valence-electron chi connectivity index (χ3n) is 4.72. The Morgan fingerprint density at radius 1 is 1.29 bits per heavy atom. The molecule has 1 N–H and O–H groups in total. The fourth-order valence-electron chi connectivity index (χ4n) is 3.05. The number of carbonyl (C=O) groups is 4. The second kappa shape index (κ2) is 9.60. The quantitative estimate of drug-likeness (QED) is 0.139. The highest BCUT2D eigenvalue weighted by Crippen LogP contribution is 2.40. The monoisotopic (exact) mass is 511 g/mol. The summed E-state index contributed by atoms with van der Waals surface area (Å²) in [7, 11) is 0. The zero-order valence-corrected chi connectivity index (χ0v) is 18.7. The molecule has 1 aromatic carbocycles. The number of β-lactam (4-membered cyclic amide) rings is 1. The number of rotatable bonds is 8. The van der Waals surface area contributed by atoms with Crippen molar-refractivity contribution in [1.82, 2.24) is 10.2 Å². The molecular weight excluding hydrogens is 494 g/mol. The van der Waals surface area contributed by atoms with Crippen molar-refractivity contribution in [2.24, 2.45) is 0 Å². The molecule has 31 heavy (non-hydrogen) atoms. The normalized spacial score (nSPS) is 22.0. The Bertz CT molecular complexity index is 966. The summed E-state index contributed by atoms with van der Waals surface area (Å²) < 4.78 is 5.29. The average molecular weight is 512 g/mol. The highest BCUT2D eigenvalue weighted by atomic mass is 79.9. The molecule has 1 fully saturated rings. The molecule has 2 heterocycles. The van der Waals surface area contributed by atoms with Crippen molar-refractivity contribution in [3.05, 3.63) is 51.7 Å². The number of hydrogen-bond donors (Lipinski definition) is 1. The Morgan fingerprint density at radius 3 is 2.58 bits per heavy atom. The van der Waals surface area contributed by atoms with Crippen LogP contribution >= 0.6 is 27.7 Å². The summed E-state index contributed by atoms with van der Waals surface area (Å²) in [5.41, 5.74) is 0.834. The molecule has 0 bridgehead atoms. The van der Waals surface area contributed by atoms with E-state index in [0.29, 0.717) is 11.1 Å². The lowest BCUT2D eigenvalue weighted by molar-refractivity contribution is -0.384. The van der Waals surface area contributed by atoms with Gasteiger partial charge in [-0.05, 0) is 24.6 Å². The third kappa shape index (κ3) is 5.13. The Hall–Kier alpha value is -2.73. The standard InChI is InChI=1S/C19H18BrN3O7S/c1-10-14(19(27)30-9-11-2-4-12(5-3-11)23(28)29)8-22-17(26)16(18(22)31-10)21-15(25)6-13(24)7-20/h2-5,8,10,16,18H,6-7,9H2,1H3,(H,21,25)/t10?,16?,18-/m1/s1. The van der Waals surface area contributed by atoms with Crippen LogP contribution in [-0.2, 0) is 30.5 Å². The van der Waals surface area contributed by atoms with Gasteiger partial charge in [-0.3, -0.25) is 24.5 Å². The maximum atomic E-state index is 12.5. The second-order valence-corrected chi connectivity index (χ2v) is 8.92. The number of thioether (sulfide) groups is 1. The van der Waals surface area contributed by atoms with Crippen LogP contribution in [0.4, 0.5) is 5.69 Å². The number of nitrogens with zero attached hydrogens (tertiary/aromatic N) is 2. The molecule has 3 atom stereocenters. The molecule has 10 nitrogen and oxygen atoms in total. The van der Waals surface area contributed by atoms with Gasteiger partial charge in [-0.15, -0.1) is 11.8 Å². The van der Waals surface area contributed by atoms with Gasteiger partial charge in [0.15, 0.2) is 5.78 Å². The Balaban J connectivity index is 1.58. The van der Waals surface area contributed by atoms with E-state index in [1.165, 1.54) is 47.1 Å². The van der Waals surface area contributed by atoms with Gasteiger partial charge in [0, 0.05) is 23.6 Å². The summed E-state index contributed by atoms with van der Waals surface area (Å²) in [6, 6.07) is 4.90. The number of fused-ring (bicyclic) bond motifs is 1. The van der Waals surface area contributed by atoms with Crippen molar-refractivity contribution in [1.29, 1.82) is 0 Å². The number of ketones is 1. The summed E-state index contributed by atoms with van der Waals surface area (Å²) in [6.07, 6.45) is 1.12. The molecule has 2 unspecified atom stereocenters. The van der Waals surface area contributed by atoms with E-state index < -0.39 is 22.8 Å². The van der Waals surface area contributed by atoms with Crippen LogP contribution in [0.25, 0.3) is 0 Å². The minimum absolute atomic E-state index is 0.0596. The summed E-state index contributed by atoms with van der Waals surface area (Å²) in [4.78, 5) is 59.7. The Labute approximate surface area is 189 Å². The smallest absolute Gasteiger partial charge is 0.336 e. The van der Waals surface area contributed by atoms with Crippen LogP contribution in [0.5, 0.6) is 0 Å². The second-order valence-electron chi connectivity index (χ2n) is 6.89. The highest BCUT2D eigenvalue weighted by molar-refractivity contribution is 9.09. The van der Waals surface area contributed by atoms with Crippen LogP contribution in [0.15, 0.2) is 36.0 Å². The Morgan fingerprint density at radius 2 is 1.97 bits per heavy atom. The van der Waals surface area contributed by atoms with Gasteiger partial charge in [0.25, 0.3) is 11.6 Å². The van der Waals surface area contributed by atoms with Gasteiger partial charge in [0.05, 0.1) is 22.2 Å². The van der Waals surface area contributed by atoms with Crippen molar-refractivity contribution in [3.8, 4) is 0 Å². The number of benzene rings is 1. The predicted molar refractivity (Wildman–Crippen MR) is 114 cm³/mol. The van der Waals surface area contributed by atoms with Crippen LogP contribution in [0.3, 0.4) is 0 Å². The third-order valence-corrected chi connectivity index (χ3v) is 6.78. The van der Waals surface area contributed by atoms with E-state index in [2.05, 4.69) is 21.2 Å². The molecule has 0 spiro atoms. The van der Waals surface area contributed by atoms with E-state index in [9.17, 15) is 29.3 Å². The van der Waals surface area contributed by atoms with Crippen LogP contribution < -0.4 is 5.32 Å². The molecule has 2 amide bonds. The van der Waals surface area contributed by atoms with Gasteiger partial charge in [0.1, 0.15) is 18.0 Å². The molecule has 0 saturated carbocycles. The summed E-state index contributed by atoms with van der Waals surface area (Å²) in [6.45, 7) is 1.72. The number of Topliss-reactive ketones (excluding diaryl/α,β-unsaturated/α-hetero) is 1. The van der Waals surface area contributed by atoms with Gasteiger partial charge >= 0.3 is 5.97 Å². The topological polar surface area (TPSA) is 136 Å². The lowest BCUT2D eigenvalue weighted by atomic mass is 10.1. The summed E-state index contributed by atoms with van der Waals surface area (Å²) in [5, 5.41) is 12.7. The first kappa shape index (κ1) is 22.9. The van der Waals surface area contributed by atoms with Crippen molar-refractivity contribution in [3.63, 3.8) is 0 Å². The van der Waals surface area contributed by atoms with E-state index in [0.717, 1.165) is 0 Å². The van der Waals surface area contributed by atoms with E-state index in [-0.39, 0.29) is 46.4 Å². The van der Waals surface area contributed by atoms with E-state index in [1.54, 1.807) is 6.92 Å². The highest BCUT2D eigenvalue weighted by Gasteiger charge is 2.51. The number of alkyl halides is 1. The molecule has 12 heteroatoms. The maximum Gasteiger partial charge on any atom is 0.336 e. The molecule has 0 aromatic heterocycles. The largest absolute Gasteiger partial charge is 0.457 e. The minimum Gasteiger partial charge on any atom is -0.457 e. The van der Waals surface area contributed by atoms with Gasteiger partial charge in [0.2, 0.25) is 5.91 Å². The molecule has 0 aliphatic carbocycles. The molecule has 3 rings (SSSR count). The number of esters is 1. The lowest BCUT2D eigenvalue weighted by Crippen LogP contribution is -2.69. The predicted octanol–water partition coefficient (Wildman–Crippen LogP) is 1.66. The summed E-state index contributed by atoms with van der Waals surface area (Å²) >= 11 is 4.31. The zero-order chi connectivity index (χ0) is 22.7. The van der Waals surface area contributed by atoms with Crippen molar-refractivity contribution >= 4 is 56.9 Å². The van der Waals surface area contributed by atoms with Gasteiger partial charge in [-0.25, -0.2) is 4.79 Å². The van der Waals surface area contributed by atoms with Gasteiger partial charge < -0.3 is 15.0 Å². The fraction of sp³-hybridized carbons (Fsp3) is 0.368. The number of halogens is 1. The zero-order valence-electron chi connectivity index (χ0n) is 16.3. The summed E-state index contributed by atoms with van der Waals surface area (Å²) in [5.74, 6) is -1.78. The van der Waals surface area contributed by atoms with E-state index in [4.69, 9.17) is 4.74 Å². The van der Waals surface area contributed by atoms with Gasteiger partial charge in [-0.2, -0.15) is 0 Å². The lowest BCUT2D eigenvalue weighted by Gasteiger charge is -2.48. The first-order valence-electron chi connectivity index (χ1n) is 9.18. The SMILES string of the molecule is CC1S[C@@H]2C(NC(=O)CC(=O)CBr)C(=O)N2C=C1C(=O)OCc1ccc([N+](=O)[O-])cc1. The molecule has 164 valence electrons. The molecule has 1 aromatic rings. The number of ether oxygens (including phenoxy) is 1.